The first-order chi connectivity index (χ1) is 9.89. The molecular weight excluding hydrogens is 270 g/mol. The quantitative estimate of drug-likeness (QED) is 0.450. The topological polar surface area (TPSA) is 102 Å². The van der Waals surface area contributed by atoms with Crippen LogP contribution in [0.15, 0.2) is 18.2 Å². The second-order valence-electron chi connectivity index (χ2n) is 5.25. The van der Waals surface area contributed by atoms with E-state index in [1.165, 1.54) is 0 Å². The van der Waals surface area contributed by atoms with Crippen LogP contribution in [0.1, 0.15) is 38.7 Å². The molecule has 0 saturated carbocycles. The predicted molar refractivity (Wildman–Crippen MR) is 80.0 cm³/mol. The average Bonchev–Trinajstić information content (AvgIpc) is 2.46. The smallest absolute Gasteiger partial charge is 0.311 e. The summed E-state index contributed by atoms with van der Waals surface area (Å²) in [6.07, 6.45) is 2.75. The van der Waals surface area contributed by atoms with E-state index < -0.39 is 10.5 Å². The molecule has 0 spiro atoms. The zero-order valence-electron chi connectivity index (χ0n) is 12.5. The van der Waals surface area contributed by atoms with Crippen molar-refractivity contribution in [2.75, 3.05) is 6.61 Å². The molecule has 0 heterocycles. The molecule has 0 fully saturated rings. The Bertz CT molecular complexity index is 535. The van der Waals surface area contributed by atoms with Crippen LogP contribution in [0.3, 0.4) is 0 Å². The van der Waals surface area contributed by atoms with E-state index in [1.54, 1.807) is 19.1 Å². The van der Waals surface area contributed by atoms with Gasteiger partial charge in [-0.2, -0.15) is 5.26 Å². The third kappa shape index (κ3) is 5.40. The number of ether oxygens (including phenoxy) is 1. The van der Waals surface area contributed by atoms with Gasteiger partial charge in [0.1, 0.15) is 5.54 Å². The molecule has 1 unspecified atom stereocenters. The van der Waals surface area contributed by atoms with Crippen LogP contribution in [0.4, 0.5) is 5.69 Å². The molecule has 6 heteroatoms. The van der Waals surface area contributed by atoms with Crippen molar-refractivity contribution >= 4 is 5.69 Å². The van der Waals surface area contributed by atoms with Gasteiger partial charge < -0.3 is 10.5 Å². The van der Waals surface area contributed by atoms with E-state index in [2.05, 4.69) is 0 Å². The predicted octanol–water partition coefficient (Wildman–Crippen LogP) is 2.95. The first kappa shape index (κ1) is 16.9. The Morgan fingerprint density at radius 1 is 1.48 bits per heavy atom. The third-order valence-corrected chi connectivity index (χ3v) is 3.23. The number of aryl methyl sites for hydroxylation is 1. The number of rotatable bonds is 8. The highest BCUT2D eigenvalue weighted by molar-refractivity contribution is 5.48. The minimum Gasteiger partial charge on any atom is -0.487 e. The van der Waals surface area contributed by atoms with Gasteiger partial charge in [-0.15, -0.1) is 0 Å². The Hall–Kier alpha value is -2.13. The maximum Gasteiger partial charge on any atom is 0.311 e. The minimum atomic E-state index is -0.825. The maximum atomic E-state index is 11.0. The zero-order chi connectivity index (χ0) is 15.9. The lowest BCUT2D eigenvalue weighted by Crippen LogP contribution is -2.33. The lowest BCUT2D eigenvalue weighted by Gasteiger charge is -2.14. The van der Waals surface area contributed by atoms with Crippen molar-refractivity contribution in [3.63, 3.8) is 0 Å². The third-order valence-electron chi connectivity index (χ3n) is 3.23. The monoisotopic (exact) mass is 291 g/mol. The Kier molecular flexibility index (Phi) is 6.12. The van der Waals surface area contributed by atoms with Crippen LogP contribution in [0.2, 0.25) is 0 Å². The molecule has 0 aliphatic rings. The number of nitro benzene ring substituents is 1. The number of unbranched alkanes of at least 4 members (excludes halogenated alkanes) is 1. The Morgan fingerprint density at radius 3 is 2.76 bits per heavy atom. The van der Waals surface area contributed by atoms with Gasteiger partial charge in [-0.3, -0.25) is 10.1 Å². The van der Waals surface area contributed by atoms with E-state index in [4.69, 9.17) is 15.7 Å². The van der Waals surface area contributed by atoms with Crippen molar-refractivity contribution in [1.82, 2.24) is 0 Å². The van der Waals surface area contributed by atoms with Crippen LogP contribution in [0, 0.1) is 21.4 Å². The molecule has 0 radical (unpaired) electrons. The SMILES string of the molecule is CCc1ccc(OCCCCC(C)(N)C#N)c([N+](=O)[O-])c1. The number of nitriles is 1. The van der Waals surface area contributed by atoms with Crippen LogP contribution in [-0.2, 0) is 6.42 Å². The summed E-state index contributed by atoms with van der Waals surface area (Å²) >= 11 is 0. The van der Waals surface area contributed by atoms with E-state index >= 15 is 0 Å². The average molecular weight is 291 g/mol. The van der Waals surface area contributed by atoms with Gasteiger partial charge in [-0.1, -0.05) is 13.0 Å². The van der Waals surface area contributed by atoms with Gasteiger partial charge in [0, 0.05) is 6.07 Å². The lowest BCUT2D eigenvalue weighted by molar-refractivity contribution is -0.385. The van der Waals surface area contributed by atoms with E-state index in [1.807, 2.05) is 19.1 Å². The van der Waals surface area contributed by atoms with Crippen LogP contribution in [-0.4, -0.2) is 17.1 Å². The molecule has 0 saturated heterocycles. The normalized spacial score (nSPS) is 13.2. The van der Waals surface area contributed by atoms with Crippen molar-refractivity contribution in [2.45, 2.75) is 45.1 Å². The molecule has 0 bridgehead atoms. The second-order valence-corrected chi connectivity index (χ2v) is 5.25. The number of hydrogen-bond acceptors (Lipinski definition) is 5. The summed E-state index contributed by atoms with van der Waals surface area (Å²) in [5.74, 6) is 0.285. The van der Waals surface area contributed by atoms with Gasteiger partial charge in [0.15, 0.2) is 5.75 Å². The van der Waals surface area contributed by atoms with Gasteiger partial charge in [-0.05, 0) is 44.2 Å². The summed E-state index contributed by atoms with van der Waals surface area (Å²) in [5, 5.41) is 19.8. The summed E-state index contributed by atoms with van der Waals surface area (Å²) in [6.45, 7) is 3.99. The van der Waals surface area contributed by atoms with Crippen molar-refractivity contribution in [3.8, 4) is 11.8 Å². The van der Waals surface area contributed by atoms with Gasteiger partial charge in [-0.25, -0.2) is 0 Å². The molecule has 0 aliphatic heterocycles. The van der Waals surface area contributed by atoms with Crippen LogP contribution in [0.5, 0.6) is 5.75 Å². The van der Waals surface area contributed by atoms with E-state index in [9.17, 15) is 10.1 Å². The Labute approximate surface area is 124 Å². The summed E-state index contributed by atoms with van der Waals surface area (Å²) in [7, 11) is 0. The van der Waals surface area contributed by atoms with Crippen molar-refractivity contribution < 1.29 is 9.66 Å². The highest BCUT2D eigenvalue weighted by atomic mass is 16.6. The summed E-state index contributed by atoms with van der Waals surface area (Å²) in [5.41, 5.74) is 5.79. The highest BCUT2D eigenvalue weighted by Gasteiger charge is 2.17. The van der Waals surface area contributed by atoms with Gasteiger partial charge in [0.05, 0.1) is 17.6 Å². The summed E-state index contributed by atoms with van der Waals surface area (Å²) in [4.78, 5) is 10.6. The molecule has 2 N–H and O–H groups in total. The van der Waals surface area contributed by atoms with Gasteiger partial charge in [0.25, 0.3) is 0 Å². The van der Waals surface area contributed by atoms with Crippen LogP contribution < -0.4 is 10.5 Å². The fraction of sp³-hybridized carbons (Fsp3) is 0.533. The first-order valence-corrected chi connectivity index (χ1v) is 7.00. The fourth-order valence-corrected chi connectivity index (χ4v) is 1.88. The number of hydrogen-bond donors (Lipinski definition) is 1. The summed E-state index contributed by atoms with van der Waals surface area (Å²) < 4.78 is 5.48. The molecule has 1 rings (SSSR count). The second kappa shape index (κ2) is 7.60. The largest absolute Gasteiger partial charge is 0.487 e. The standard InChI is InChI=1S/C15H21N3O3/c1-3-12-6-7-14(13(10-12)18(19)20)21-9-5-4-8-15(2,17)11-16/h6-7,10H,3-5,8-9,17H2,1-2H3. The molecular formula is C15H21N3O3. The highest BCUT2D eigenvalue weighted by Crippen LogP contribution is 2.28. The Morgan fingerprint density at radius 2 is 2.19 bits per heavy atom. The Balaban J connectivity index is 2.53. The zero-order valence-corrected chi connectivity index (χ0v) is 12.5. The molecule has 1 aromatic carbocycles. The van der Waals surface area contributed by atoms with Gasteiger partial charge in [0.2, 0.25) is 0 Å². The van der Waals surface area contributed by atoms with E-state index in [0.717, 1.165) is 18.4 Å². The summed E-state index contributed by atoms with van der Waals surface area (Å²) in [6, 6.07) is 7.04. The van der Waals surface area contributed by atoms with Gasteiger partial charge >= 0.3 is 5.69 Å². The maximum absolute atomic E-state index is 11.0. The molecule has 6 nitrogen and oxygen atoms in total. The minimum absolute atomic E-state index is 0.00459. The van der Waals surface area contributed by atoms with Crippen molar-refractivity contribution in [3.05, 3.63) is 33.9 Å². The van der Waals surface area contributed by atoms with E-state index in [0.29, 0.717) is 19.4 Å². The molecule has 1 atom stereocenters. The molecule has 0 amide bonds. The molecule has 0 aliphatic carbocycles. The van der Waals surface area contributed by atoms with Crippen molar-refractivity contribution in [1.29, 1.82) is 5.26 Å². The lowest BCUT2D eigenvalue weighted by atomic mass is 9.98. The van der Waals surface area contributed by atoms with Crippen LogP contribution >= 0.6 is 0 Å². The number of benzene rings is 1. The molecule has 0 aromatic heterocycles. The molecule has 114 valence electrons. The molecule has 1 aromatic rings. The van der Waals surface area contributed by atoms with E-state index in [-0.39, 0.29) is 11.4 Å². The fourth-order valence-electron chi connectivity index (χ4n) is 1.88. The van der Waals surface area contributed by atoms with Crippen LogP contribution in [0.25, 0.3) is 0 Å². The number of nitrogens with two attached hydrogens (primary N) is 1. The van der Waals surface area contributed by atoms with Crippen molar-refractivity contribution in [2.24, 2.45) is 5.73 Å². The number of nitro groups is 1. The number of nitrogens with zero attached hydrogens (tertiary/aromatic N) is 2. The first-order valence-electron chi connectivity index (χ1n) is 7.00. The molecule has 21 heavy (non-hydrogen) atoms.